The zero-order valence-electron chi connectivity index (χ0n) is 28.2. The summed E-state index contributed by atoms with van der Waals surface area (Å²) in [5.41, 5.74) is 2.00. The third-order valence-corrected chi connectivity index (χ3v) is 8.18. The number of nitrogens with one attached hydrogen (secondary N) is 1. The summed E-state index contributed by atoms with van der Waals surface area (Å²) < 4.78 is 24.6. The highest BCUT2D eigenvalue weighted by atomic mass is 16.5. The molecule has 14 nitrogen and oxygen atoms in total. The monoisotopic (exact) mass is 675 g/mol. The number of amides is 2. The van der Waals surface area contributed by atoms with Gasteiger partial charge in [0.25, 0.3) is 17.6 Å². The highest BCUT2D eigenvalue weighted by molar-refractivity contribution is 6.45. The number of aromatic amines is 1. The van der Waals surface area contributed by atoms with Crippen molar-refractivity contribution in [3.05, 3.63) is 71.8 Å². The predicted octanol–water partition coefficient (Wildman–Crippen LogP) is 3.53. The molecule has 0 bridgehead atoms. The molecule has 1 aliphatic heterocycles. The molecule has 4 heterocycles. The van der Waals surface area contributed by atoms with Gasteiger partial charge in [0.2, 0.25) is 0 Å². The molecule has 1 saturated heterocycles. The second-order valence-corrected chi connectivity index (χ2v) is 11.8. The Balaban J connectivity index is 1.04. The van der Waals surface area contributed by atoms with E-state index in [-0.39, 0.29) is 30.7 Å². The molecule has 49 heavy (non-hydrogen) atoms. The summed E-state index contributed by atoms with van der Waals surface area (Å²) in [6.45, 7) is 8.87. The number of Topliss-reactive ketones (excluding diaryl/α,β-unsaturated/α-hetero) is 1. The van der Waals surface area contributed by atoms with Crippen LogP contribution in [0, 0.1) is 0 Å². The molecule has 0 radical (unpaired) electrons. The number of rotatable bonds is 19. The summed E-state index contributed by atoms with van der Waals surface area (Å²) in [4.78, 5) is 50.4. The number of aromatic nitrogens is 5. The molecule has 0 aliphatic carbocycles. The molecule has 1 aliphatic rings. The number of pyridine rings is 1. The van der Waals surface area contributed by atoms with Crippen molar-refractivity contribution in [1.82, 2.24) is 34.8 Å². The van der Waals surface area contributed by atoms with Crippen LogP contribution < -0.4 is 4.74 Å². The van der Waals surface area contributed by atoms with Gasteiger partial charge in [0.15, 0.2) is 0 Å². The van der Waals surface area contributed by atoms with Gasteiger partial charge in [0.1, 0.15) is 23.7 Å². The quantitative estimate of drug-likeness (QED) is 0.0887. The fourth-order valence-corrected chi connectivity index (χ4v) is 5.58. The number of nitrogens with zero attached hydrogens (tertiary/aromatic N) is 6. The van der Waals surface area contributed by atoms with E-state index in [1.165, 1.54) is 11.1 Å². The largest absolute Gasteiger partial charge is 0.490 e. The molecule has 262 valence electrons. The lowest BCUT2D eigenvalue weighted by atomic mass is 10.1. The normalized spacial score (nSPS) is 14.8. The van der Waals surface area contributed by atoms with Gasteiger partial charge in [-0.3, -0.25) is 19.1 Å². The van der Waals surface area contributed by atoms with Crippen LogP contribution in [-0.4, -0.2) is 118 Å². The number of unbranched alkanes of at least 4 members (excludes halogenated alkanes) is 1. The topological polar surface area (TPSA) is 154 Å². The Morgan fingerprint density at radius 1 is 0.939 bits per heavy atom. The number of ketones is 1. The minimum atomic E-state index is -0.658. The summed E-state index contributed by atoms with van der Waals surface area (Å²) in [6, 6.07) is 10.4. The molecular weight excluding hydrogens is 630 g/mol. The highest BCUT2D eigenvalue weighted by Gasteiger charge is 2.34. The van der Waals surface area contributed by atoms with E-state index in [9.17, 15) is 14.4 Å². The van der Waals surface area contributed by atoms with Gasteiger partial charge in [-0.1, -0.05) is 36.8 Å². The molecule has 1 N–H and O–H groups in total. The number of hydrogen-bond acceptors (Lipinski definition) is 10. The minimum Gasteiger partial charge on any atom is -0.490 e. The molecule has 4 aromatic rings. The van der Waals surface area contributed by atoms with Gasteiger partial charge in [-0.15, -0.1) is 5.10 Å². The Labute approximate surface area is 285 Å². The van der Waals surface area contributed by atoms with Gasteiger partial charge in [-0.2, -0.15) is 0 Å². The van der Waals surface area contributed by atoms with Crippen LogP contribution in [0.25, 0.3) is 11.0 Å². The smallest absolute Gasteiger partial charge is 0.295 e. The first-order chi connectivity index (χ1) is 24.0. The second kappa shape index (κ2) is 18.2. The van der Waals surface area contributed by atoms with E-state index in [2.05, 4.69) is 27.2 Å². The minimum absolute atomic E-state index is 0.0930. The third kappa shape index (κ3) is 9.71. The van der Waals surface area contributed by atoms with Crippen molar-refractivity contribution in [2.75, 3.05) is 59.3 Å². The molecule has 0 spiro atoms. The van der Waals surface area contributed by atoms with E-state index in [1.807, 2.05) is 31.3 Å². The predicted molar refractivity (Wildman–Crippen MR) is 180 cm³/mol. The van der Waals surface area contributed by atoms with Crippen LogP contribution in [0.1, 0.15) is 59.5 Å². The SMILES string of the molecule is CCCCOCCOCc1cn(CCCOCCOc2ccnc3[nH]cc(C(=O)C(=O)N4CCN(C(=O)c5ccccc5)C[C@H]4C)c23)nn1. The van der Waals surface area contributed by atoms with Crippen LogP contribution in [0.2, 0.25) is 0 Å². The zero-order valence-corrected chi connectivity index (χ0v) is 28.2. The van der Waals surface area contributed by atoms with Crippen molar-refractivity contribution in [3.63, 3.8) is 0 Å². The molecule has 1 aromatic carbocycles. The average molecular weight is 676 g/mol. The summed E-state index contributed by atoms with van der Waals surface area (Å²) in [5, 5.41) is 8.73. The molecule has 0 unspecified atom stereocenters. The molecule has 14 heteroatoms. The molecule has 5 rings (SSSR count). The lowest BCUT2D eigenvalue weighted by Gasteiger charge is -2.39. The van der Waals surface area contributed by atoms with Gasteiger partial charge < -0.3 is 33.7 Å². The second-order valence-electron chi connectivity index (χ2n) is 11.8. The lowest BCUT2D eigenvalue weighted by molar-refractivity contribution is -0.130. The molecule has 0 saturated carbocycles. The Bertz CT molecular complexity index is 1660. The molecule has 3 aromatic heterocycles. The summed E-state index contributed by atoms with van der Waals surface area (Å²) >= 11 is 0. The van der Waals surface area contributed by atoms with Crippen molar-refractivity contribution in [3.8, 4) is 5.75 Å². The number of hydrogen-bond donors (Lipinski definition) is 1. The van der Waals surface area contributed by atoms with Gasteiger partial charge in [0.05, 0.1) is 43.6 Å². The average Bonchev–Trinajstić information content (AvgIpc) is 3.78. The number of H-pyrrole nitrogens is 1. The van der Waals surface area contributed by atoms with Crippen LogP contribution in [0.15, 0.2) is 55.0 Å². The lowest BCUT2D eigenvalue weighted by Crippen LogP contribution is -2.56. The first-order valence-electron chi connectivity index (χ1n) is 16.9. The van der Waals surface area contributed by atoms with Crippen molar-refractivity contribution in [2.45, 2.75) is 52.3 Å². The molecule has 1 atom stereocenters. The Morgan fingerprint density at radius 3 is 2.51 bits per heavy atom. The van der Waals surface area contributed by atoms with Crippen molar-refractivity contribution >= 4 is 28.6 Å². The van der Waals surface area contributed by atoms with E-state index in [0.29, 0.717) is 75.0 Å². The number of aryl methyl sites for hydroxylation is 1. The highest BCUT2D eigenvalue weighted by Crippen LogP contribution is 2.28. The third-order valence-electron chi connectivity index (χ3n) is 8.18. The number of carbonyl (C=O) groups is 3. The Kier molecular flexibility index (Phi) is 13.2. The van der Waals surface area contributed by atoms with Crippen molar-refractivity contribution in [2.24, 2.45) is 0 Å². The zero-order chi connectivity index (χ0) is 34.4. The van der Waals surface area contributed by atoms with E-state index in [1.54, 1.807) is 34.0 Å². The van der Waals surface area contributed by atoms with Crippen LogP contribution in [0.3, 0.4) is 0 Å². The fourth-order valence-electron chi connectivity index (χ4n) is 5.58. The summed E-state index contributed by atoms with van der Waals surface area (Å²) in [5.74, 6) is -0.946. The summed E-state index contributed by atoms with van der Waals surface area (Å²) in [6.07, 6.45) is 7.84. The van der Waals surface area contributed by atoms with E-state index < -0.39 is 11.7 Å². The number of ether oxygens (including phenoxy) is 4. The maximum Gasteiger partial charge on any atom is 0.295 e. The maximum atomic E-state index is 13.5. The van der Waals surface area contributed by atoms with Crippen LogP contribution in [0.5, 0.6) is 5.75 Å². The van der Waals surface area contributed by atoms with Gasteiger partial charge in [-0.05, 0) is 38.0 Å². The molecule has 1 fully saturated rings. The molecular formula is C35H45N7O7. The summed E-state index contributed by atoms with van der Waals surface area (Å²) in [7, 11) is 0. The van der Waals surface area contributed by atoms with Gasteiger partial charge in [0, 0.05) is 63.4 Å². The standard InChI is InChI=1S/C35H45N7O7/c1-3-4-16-46-18-19-48-25-28-24-41(39-38-28)13-8-17-47-20-21-49-30-11-12-36-33-31(30)29(22-37-33)32(43)35(45)42-15-14-40(23-26(42)2)34(44)27-9-6-5-7-10-27/h5-7,9-12,22,24,26H,3-4,8,13-21,23,25H2,1-2H3,(H,36,37)/t26-/m1/s1. The Hall–Kier alpha value is -4.66. The van der Waals surface area contributed by atoms with Gasteiger partial charge in [-0.25, -0.2) is 4.98 Å². The first kappa shape index (κ1) is 35.6. The molecule has 2 amide bonds. The van der Waals surface area contributed by atoms with E-state index in [0.717, 1.165) is 31.6 Å². The van der Waals surface area contributed by atoms with Crippen LogP contribution >= 0.6 is 0 Å². The van der Waals surface area contributed by atoms with Gasteiger partial charge >= 0.3 is 0 Å². The number of carbonyl (C=O) groups excluding carboxylic acids is 3. The van der Waals surface area contributed by atoms with Crippen molar-refractivity contribution < 1.29 is 33.3 Å². The van der Waals surface area contributed by atoms with Crippen LogP contribution in [-0.2, 0) is 32.2 Å². The number of piperazine rings is 1. The first-order valence-corrected chi connectivity index (χ1v) is 16.9. The van der Waals surface area contributed by atoms with Crippen molar-refractivity contribution in [1.29, 1.82) is 0 Å². The van der Waals surface area contributed by atoms with Crippen LogP contribution in [0.4, 0.5) is 0 Å². The fraction of sp³-hybridized carbons (Fsp3) is 0.486. The Morgan fingerprint density at radius 2 is 1.71 bits per heavy atom. The number of fused-ring (bicyclic) bond motifs is 1. The number of benzene rings is 1. The van der Waals surface area contributed by atoms with E-state index in [4.69, 9.17) is 18.9 Å². The van der Waals surface area contributed by atoms with E-state index >= 15 is 0 Å². The maximum absolute atomic E-state index is 13.5.